The third-order valence-electron chi connectivity index (χ3n) is 3.92. The predicted octanol–water partition coefficient (Wildman–Crippen LogP) is 4.08. The van der Waals surface area contributed by atoms with Crippen LogP contribution in [0, 0.1) is 11.8 Å². The minimum absolute atomic E-state index is 0.0109. The zero-order valence-electron chi connectivity index (χ0n) is 13.7. The lowest BCUT2D eigenvalue weighted by Gasteiger charge is -2.17. The van der Waals surface area contributed by atoms with Gasteiger partial charge in [0.25, 0.3) is 0 Å². The van der Waals surface area contributed by atoms with Gasteiger partial charge in [0.1, 0.15) is 0 Å². The molecule has 0 aliphatic rings. The molecule has 0 saturated heterocycles. The maximum absolute atomic E-state index is 12.0. The Hall–Kier alpha value is -1.88. The van der Waals surface area contributed by atoms with Gasteiger partial charge in [0, 0.05) is 17.0 Å². The summed E-state index contributed by atoms with van der Waals surface area (Å²) in [6, 6.07) is 7.19. The third kappa shape index (κ3) is 5.06. The SMILES string of the molecule is CCC(CC(=O)NCc1nc(-c2ccc(Cl)cc2)no1)C(C)C. The minimum Gasteiger partial charge on any atom is -0.347 e. The van der Waals surface area contributed by atoms with Crippen LogP contribution in [0.5, 0.6) is 0 Å². The Balaban J connectivity index is 1.89. The number of benzene rings is 1. The van der Waals surface area contributed by atoms with Crippen molar-refractivity contribution in [2.24, 2.45) is 11.8 Å². The van der Waals surface area contributed by atoms with E-state index in [-0.39, 0.29) is 12.5 Å². The van der Waals surface area contributed by atoms with E-state index < -0.39 is 0 Å². The van der Waals surface area contributed by atoms with Crippen molar-refractivity contribution in [3.63, 3.8) is 0 Å². The first-order valence-electron chi connectivity index (χ1n) is 7.84. The molecule has 1 aromatic carbocycles. The third-order valence-corrected chi connectivity index (χ3v) is 4.17. The Morgan fingerprint density at radius 2 is 2.00 bits per heavy atom. The van der Waals surface area contributed by atoms with E-state index >= 15 is 0 Å². The topological polar surface area (TPSA) is 68.0 Å². The number of carbonyl (C=O) groups excluding carboxylic acids is 1. The molecule has 0 aliphatic heterocycles. The van der Waals surface area contributed by atoms with Crippen molar-refractivity contribution in [3.8, 4) is 11.4 Å². The predicted molar refractivity (Wildman–Crippen MR) is 89.8 cm³/mol. The average Bonchev–Trinajstić information content (AvgIpc) is 3.00. The first kappa shape index (κ1) is 17.5. The van der Waals surface area contributed by atoms with Crippen LogP contribution in [0.4, 0.5) is 0 Å². The summed E-state index contributed by atoms with van der Waals surface area (Å²) in [7, 11) is 0. The molecular weight excluding hydrogens is 314 g/mol. The van der Waals surface area contributed by atoms with Crippen molar-refractivity contribution >= 4 is 17.5 Å². The molecule has 0 fully saturated rings. The lowest BCUT2D eigenvalue weighted by Crippen LogP contribution is -2.26. The van der Waals surface area contributed by atoms with Crippen LogP contribution in [0.2, 0.25) is 5.02 Å². The van der Waals surface area contributed by atoms with Gasteiger partial charge in [0.15, 0.2) is 0 Å². The van der Waals surface area contributed by atoms with Crippen LogP contribution in [0.15, 0.2) is 28.8 Å². The zero-order chi connectivity index (χ0) is 16.8. The maximum atomic E-state index is 12.0. The Bertz CT molecular complexity index is 638. The van der Waals surface area contributed by atoms with E-state index in [9.17, 15) is 4.79 Å². The molecule has 23 heavy (non-hydrogen) atoms. The van der Waals surface area contributed by atoms with E-state index in [1.165, 1.54) is 0 Å². The summed E-state index contributed by atoms with van der Waals surface area (Å²) in [6.07, 6.45) is 1.51. The Labute approximate surface area is 141 Å². The van der Waals surface area contributed by atoms with Crippen molar-refractivity contribution < 1.29 is 9.32 Å². The van der Waals surface area contributed by atoms with E-state index in [1.807, 2.05) is 12.1 Å². The first-order chi connectivity index (χ1) is 11.0. The summed E-state index contributed by atoms with van der Waals surface area (Å²) in [4.78, 5) is 16.3. The molecule has 0 saturated carbocycles. The molecule has 2 aromatic rings. The fourth-order valence-corrected chi connectivity index (χ4v) is 2.50. The molecule has 1 N–H and O–H groups in total. The first-order valence-corrected chi connectivity index (χ1v) is 8.22. The van der Waals surface area contributed by atoms with Crippen LogP contribution in [-0.2, 0) is 11.3 Å². The van der Waals surface area contributed by atoms with Crippen LogP contribution < -0.4 is 5.32 Å². The number of hydrogen-bond acceptors (Lipinski definition) is 4. The normalized spacial score (nSPS) is 12.4. The summed E-state index contributed by atoms with van der Waals surface area (Å²) in [5, 5.41) is 7.41. The molecule has 6 heteroatoms. The highest BCUT2D eigenvalue weighted by Crippen LogP contribution is 2.20. The summed E-state index contributed by atoms with van der Waals surface area (Å²) < 4.78 is 5.17. The Morgan fingerprint density at radius 3 is 2.61 bits per heavy atom. The summed E-state index contributed by atoms with van der Waals surface area (Å²) in [5.41, 5.74) is 0.821. The monoisotopic (exact) mass is 335 g/mol. The second kappa shape index (κ2) is 8.11. The highest BCUT2D eigenvalue weighted by atomic mass is 35.5. The van der Waals surface area contributed by atoms with E-state index in [0.29, 0.717) is 35.0 Å². The summed E-state index contributed by atoms with van der Waals surface area (Å²) >= 11 is 5.85. The van der Waals surface area contributed by atoms with Gasteiger partial charge in [-0.25, -0.2) is 0 Å². The Morgan fingerprint density at radius 1 is 1.30 bits per heavy atom. The van der Waals surface area contributed by atoms with E-state index in [0.717, 1.165) is 12.0 Å². The number of nitrogens with one attached hydrogen (secondary N) is 1. The lowest BCUT2D eigenvalue weighted by molar-refractivity contribution is -0.122. The van der Waals surface area contributed by atoms with E-state index in [1.54, 1.807) is 12.1 Å². The van der Waals surface area contributed by atoms with Gasteiger partial charge in [-0.05, 0) is 36.1 Å². The second-order valence-corrected chi connectivity index (χ2v) is 6.35. The molecule has 5 nitrogen and oxygen atoms in total. The van der Waals surface area contributed by atoms with Crippen molar-refractivity contribution in [1.82, 2.24) is 15.5 Å². The number of halogens is 1. The molecule has 1 amide bonds. The van der Waals surface area contributed by atoms with E-state index in [2.05, 4.69) is 36.2 Å². The number of carbonyl (C=O) groups is 1. The molecule has 1 unspecified atom stereocenters. The van der Waals surface area contributed by atoms with Crippen LogP contribution in [0.3, 0.4) is 0 Å². The minimum atomic E-state index is 0.0109. The quantitative estimate of drug-likeness (QED) is 0.827. The molecule has 2 rings (SSSR count). The molecule has 0 spiro atoms. The van der Waals surface area contributed by atoms with Crippen LogP contribution in [-0.4, -0.2) is 16.0 Å². The molecular formula is C17H22ClN3O2. The average molecular weight is 336 g/mol. The smallest absolute Gasteiger partial charge is 0.246 e. The molecule has 0 radical (unpaired) electrons. The number of aromatic nitrogens is 2. The van der Waals surface area contributed by atoms with Gasteiger partial charge >= 0.3 is 0 Å². The molecule has 0 aliphatic carbocycles. The van der Waals surface area contributed by atoms with Gasteiger partial charge in [0.2, 0.25) is 17.6 Å². The molecule has 1 heterocycles. The zero-order valence-corrected chi connectivity index (χ0v) is 14.4. The van der Waals surface area contributed by atoms with Gasteiger partial charge in [0.05, 0.1) is 6.54 Å². The number of rotatable bonds is 7. The van der Waals surface area contributed by atoms with Gasteiger partial charge in [-0.3, -0.25) is 4.79 Å². The van der Waals surface area contributed by atoms with Gasteiger partial charge in [-0.15, -0.1) is 0 Å². The largest absolute Gasteiger partial charge is 0.347 e. The number of nitrogens with zero attached hydrogens (tertiary/aromatic N) is 2. The fourth-order valence-electron chi connectivity index (χ4n) is 2.38. The van der Waals surface area contributed by atoms with Gasteiger partial charge < -0.3 is 9.84 Å². The van der Waals surface area contributed by atoms with Crippen molar-refractivity contribution in [1.29, 1.82) is 0 Å². The highest BCUT2D eigenvalue weighted by Gasteiger charge is 2.16. The fraction of sp³-hybridized carbons (Fsp3) is 0.471. The molecule has 1 aromatic heterocycles. The molecule has 0 bridgehead atoms. The molecule has 1 atom stereocenters. The lowest BCUT2D eigenvalue weighted by atomic mass is 9.90. The summed E-state index contributed by atoms with van der Waals surface area (Å²) in [6.45, 7) is 6.62. The number of hydrogen-bond donors (Lipinski definition) is 1. The van der Waals surface area contributed by atoms with Gasteiger partial charge in [-0.1, -0.05) is 43.9 Å². The van der Waals surface area contributed by atoms with Crippen molar-refractivity contribution in [3.05, 3.63) is 35.2 Å². The second-order valence-electron chi connectivity index (χ2n) is 5.91. The van der Waals surface area contributed by atoms with Crippen LogP contribution in [0.25, 0.3) is 11.4 Å². The van der Waals surface area contributed by atoms with Crippen LogP contribution >= 0.6 is 11.6 Å². The van der Waals surface area contributed by atoms with E-state index in [4.69, 9.17) is 16.1 Å². The number of amides is 1. The van der Waals surface area contributed by atoms with Gasteiger partial charge in [-0.2, -0.15) is 4.98 Å². The molecule has 124 valence electrons. The standard InChI is InChI=1S/C17H22ClN3O2/c1-4-12(11(2)3)9-15(22)19-10-16-20-17(21-23-16)13-5-7-14(18)8-6-13/h5-8,11-12H,4,9-10H2,1-3H3,(H,19,22). The van der Waals surface area contributed by atoms with Crippen LogP contribution in [0.1, 0.15) is 39.5 Å². The Kier molecular flexibility index (Phi) is 6.16. The summed E-state index contributed by atoms with van der Waals surface area (Å²) in [5.74, 6) is 1.77. The highest BCUT2D eigenvalue weighted by molar-refractivity contribution is 6.30. The maximum Gasteiger partial charge on any atom is 0.246 e. The van der Waals surface area contributed by atoms with Crippen molar-refractivity contribution in [2.45, 2.75) is 40.2 Å². The van der Waals surface area contributed by atoms with Crippen molar-refractivity contribution in [2.75, 3.05) is 0 Å².